The number of hydrogen-bond donors (Lipinski definition) is 1. The van der Waals surface area contributed by atoms with Crippen LogP contribution in [0.15, 0.2) is 22.7 Å². The van der Waals surface area contributed by atoms with Crippen LogP contribution < -0.4 is 5.32 Å². The Morgan fingerprint density at radius 3 is 2.80 bits per heavy atom. The fourth-order valence-electron chi connectivity index (χ4n) is 2.14. The van der Waals surface area contributed by atoms with E-state index in [0.717, 1.165) is 12.5 Å². The molecule has 0 bridgehead atoms. The first kappa shape index (κ1) is 11.2. The molecule has 1 N–H and O–H groups in total. The Balaban J connectivity index is 2.28. The number of nitrogens with one attached hydrogen (secondary N) is 1. The predicted octanol–water partition coefficient (Wildman–Crippen LogP) is 3.82. The molecule has 1 aliphatic rings. The lowest BCUT2D eigenvalue weighted by Gasteiger charge is -2.20. The SMILES string of the molecule is CCNC(c1cccc(Br)c1C)C1CC1. The van der Waals surface area contributed by atoms with Crippen LogP contribution in [-0.2, 0) is 0 Å². The predicted molar refractivity (Wildman–Crippen MR) is 68.0 cm³/mol. The molecule has 0 saturated heterocycles. The molecule has 0 amide bonds. The molecule has 0 aromatic heterocycles. The topological polar surface area (TPSA) is 12.0 Å². The fourth-order valence-corrected chi connectivity index (χ4v) is 2.52. The van der Waals surface area contributed by atoms with Gasteiger partial charge in [0.2, 0.25) is 0 Å². The summed E-state index contributed by atoms with van der Waals surface area (Å²) in [5, 5.41) is 3.61. The first-order valence-corrected chi connectivity index (χ1v) is 6.51. The van der Waals surface area contributed by atoms with E-state index in [0.29, 0.717) is 6.04 Å². The maximum absolute atomic E-state index is 3.61. The number of benzene rings is 1. The van der Waals surface area contributed by atoms with Gasteiger partial charge in [-0.05, 0) is 49.4 Å². The Hall–Kier alpha value is -0.340. The van der Waals surface area contributed by atoms with Crippen molar-refractivity contribution in [3.63, 3.8) is 0 Å². The van der Waals surface area contributed by atoms with Crippen LogP contribution in [0.3, 0.4) is 0 Å². The van der Waals surface area contributed by atoms with Crippen molar-refractivity contribution in [2.24, 2.45) is 5.92 Å². The maximum Gasteiger partial charge on any atom is 0.0351 e. The minimum absolute atomic E-state index is 0.562. The third kappa shape index (κ3) is 2.43. The minimum Gasteiger partial charge on any atom is -0.310 e. The number of halogens is 1. The summed E-state index contributed by atoms with van der Waals surface area (Å²) in [5.41, 5.74) is 2.85. The maximum atomic E-state index is 3.61. The summed E-state index contributed by atoms with van der Waals surface area (Å²) in [6.45, 7) is 5.43. The lowest BCUT2D eigenvalue weighted by Crippen LogP contribution is -2.23. The Morgan fingerprint density at radius 2 is 2.20 bits per heavy atom. The van der Waals surface area contributed by atoms with Crippen molar-refractivity contribution in [1.29, 1.82) is 0 Å². The molecule has 1 nitrogen and oxygen atoms in total. The molecule has 0 spiro atoms. The Kier molecular flexibility index (Phi) is 3.47. The summed E-state index contributed by atoms with van der Waals surface area (Å²) in [7, 11) is 0. The van der Waals surface area contributed by atoms with Gasteiger partial charge in [-0.2, -0.15) is 0 Å². The van der Waals surface area contributed by atoms with E-state index in [9.17, 15) is 0 Å². The van der Waals surface area contributed by atoms with Crippen molar-refractivity contribution in [2.45, 2.75) is 32.7 Å². The van der Waals surface area contributed by atoms with Crippen LogP contribution in [-0.4, -0.2) is 6.54 Å². The molecule has 1 atom stereocenters. The van der Waals surface area contributed by atoms with Gasteiger partial charge in [-0.3, -0.25) is 0 Å². The Morgan fingerprint density at radius 1 is 1.47 bits per heavy atom. The van der Waals surface area contributed by atoms with Crippen LogP contribution in [0.25, 0.3) is 0 Å². The highest BCUT2D eigenvalue weighted by Gasteiger charge is 2.32. The van der Waals surface area contributed by atoms with E-state index in [1.165, 1.54) is 28.4 Å². The summed E-state index contributed by atoms with van der Waals surface area (Å²) in [5.74, 6) is 0.859. The van der Waals surface area contributed by atoms with Crippen molar-refractivity contribution < 1.29 is 0 Å². The summed E-state index contributed by atoms with van der Waals surface area (Å²) >= 11 is 3.61. The molecule has 1 aliphatic carbocycles. The third-order valence-electron chi connectivity index (χ3n) is 3.16. The molecule has 1 aromatic rings. The van der Waals surface area contributed by atoms with Gasteiger partial charge in [0.25, 0.3) is 0 Å². The van der Waals surface area contributed by atoms with E-state index >= 15 is 0 Å². The third-order valence-corrected chi connectivity index (χ3v) is 4.02. The lowest BCUT2D eigenvalue weighted by atomic mass is 9.98. The smallest absolute Gasteiger partial charge is 0.0351 e. The van der Waals surface area contributed by atoms with Gasteiger partial charge in [-0.15, -0.1) is 0 Å². The second-order valence-electron chi connectivity index (χ2n) is 4.33. The molecule has 0 aliphatic heterocycles. The molecule has 1 fully saturated rings. The molecule has 2 rings (SSSR count). The Labute approximate surface area is 100 Å². The molecular formula is C13H18BrN. The first-order valence-electron chi connectivity index (χ1n) is 5.72. The van der Waals surface area contributed by atoms with Crippen LogP contribution in [0.5, 0.6) is 0 Å². The average Bonchev–Trinajstić information content (AvgIpc) is 3.03. The van der Waals surface area contributed by atoms with Gasteiger partial charge in [0, 0.05) is 10.5 Å². The highest BCUT2D eigenvalue weighted by molar-refractivity contribution is 9.10. The van der Waals surface area contributed by atoms with Gasteiger partial charge in [0.05, 0.1) is 0 Å². The molecule has 0 radical (unpaired) electrons. The van der Waals surface area contributed by atoms with E-state index < -0.39 is 0 Å². The van der Waals surface area contributed by atoms with E-state index in [2.05, 4.69) is 53.3 Å². The molecule has 15 heavy (non-hydrogen) atoms. The zero-order chi connectivity index (χ0) is 10.8. The minimum atomic E-state index is 0.562. The molecule has 1 unspecified atom stereocenters. The normalized spacial score (nSPS) is 17.8. The van der Waals surface area contributed by atoms with Crippen molar-refractivity contribution in [3.05, 3.63) is 33.8 Å². The number of rotatable bonds is 4. The van der Waals surface area contributed by atoms with Gasteiger partial charge >= 0.3 is 0 Å². The van der Waals surface area contributed by atoms with Crippen LogP contribution in [0.4, 0.5) is 0 Å². The van der Waals surface area contributed by atoms with Gasteiger partial charge in [0.15, 0.2) is 0 Å². The monoisotopic (exact) mass is 267 g/mol. The fraction of sp³-hybridized carbons (Fsp3) is 0.538. The number of hydrogen-bond acceptors (Lipinski definition) is 1. The zero-order valence-electron chi connectivity index (χ0n) is 9.39. The van der Waals surface area contributed by atoms with Crippen molar-refractivity contribution in [2.75, 3.05) is 6.54 Å². The van der Waals surface area contributed by atoms with Crippen LogP contribution in [0.1, 0.15) is 36.9 Å². The summed E-state index contributed by atoms with van der Waals surface area (Å²) in [6, 6.07) is 7.08. The van der Waals surface area contributed by atoms with Crippen molar-refractivity contribution >= 4 is 15.9 Å². The van der Waals surface area contributed by atoms with E-state index in [4.69, 9.17) is 0 Å². The highest BCUT2D eigenvalue weighted by Crippen LogP contribution is 2.42. The molecule has 2 heteroatoms. The zero-order valence-corrected chi connectivity index (χ0v) is 11.0. The van der Waals surface area contributed by atoms with Gasteiger partial charge in [-0.25, -0.2) is 0 Å². The largest absolute Gasteiger partial charge is 0.310 e. The molecule has 1 saturated carbocycles. The Bertz CT molecular complexity index is 344. The highest BCUT2D eigenvalue weighted by atomic mass is 79.9. The second kappa shape index (κ2) is 4.67. The van der Waals surface area contributed by atoms with Crippen LogP contribution >= 0.6 is 15.9 Å². The van der Waals surface area contributed by atoms with Gasteiger partial charge in [-0.1, -0.05) is 35.0 Å². The molecule has 1 aromatic carbocycles. The summed E-state index contributed by atoms with van der Waals surface area (Å²) < 4.78 is 1.23. The summed E-state index contributed by atoms with van der Waals surface area (Å²) in [6.07, 6.45) is 2.76. The van der Waals surface area contributed by atoms with E-state index in [1.54, 1.807) is 0 Å². The van der Waals surface area contributed by atoms with Gasteiger partial charge < -0.3 is 5.32 Å². The lowest BCUT2D eigenvalue weighted by molar-refractivity contribution is 0.494. The standard InChI is InChI=1S/C13H18BrN/c1-3-15-13(10-7-8-10)11-5-4-6-12(14)9(11)2/h4-6,10,13,15H,3,7-8H2,1-2H3. The van der Waals surface area contributed by atoms with Crippen LogP contribution in [0.2, 0.25) is 0 Å². The van der Waals surface area contributed by atoms with Crippen molar-refractivity contribution in [1.82, 2.24) is 5.32 Å². The molecule has 82 valence electrons. The van der Waals surface area contributed by atoms with E-state index in [1.807, 2.05) is 0 Å². The van der Waals surface area contributed by atoms with Gasteiger partial charge in [0.1, 0.15) is 0 Å². The summed E-state index contributed by atoms with van der Waals surface area (Å²) in [4.78, 5) is 0. The van der Waals surface area contributed by atoms with E-state index in [-0.39, 0.29) is 0 Å². The van der Waals surface area contributed by atoms with Crippen molar-refractivity contribution in [3.8, 4) is 0 Å². The van der Waals surface area contributed by atoms with Crippen LogP contribution in [0, 0.1) is 12.8 Å². The average molecular weight is 268 g/mol. The molecule has 0 heterocycles. The quantitative estimate of drug-likeness (QED) is 0.875. The molecular weight excluding hydrogens is 250 g/mol. The first-order chi connectivity index (χ1) is 7.24. The second-order valence-corrected chi connectivity index (χ2v) is 5.18.